The molecule has 0 heterocycles. The van der Waals surface area contributed by atoms with E-state index in [1.807, 2.05) is 0 Å². The first-order valence-electron chi connectivity index (χ1n) is 5.38. The Morgan fingerprint density at radius 3 is 2.68 bits per heavy atom. The second kappa shape index (κ2) is 6.21. The normalized spacial score (nSPS) is 13.7. The first-order chi connectivity index (χ1) is 8.84. The maximum Gasteiger partial charge on any atom is 0.310 e. The Morgan fingerprint density at radius 2 is 2.16 bits per heavy atom. The van der Waals surface area contributed by atoms with E-state index in [-0.39, 0.29) is 12.1 Å². The van der Waals surface area contributed by atoms with Crippen LogP contribution in [0.2, 0.25) is 0 Å². The molecule has 0 radical (unpaired) electrons. The first kappa shape index (κ1) is 15.0. The van der Waals surface area contributed by atoms with Gasteiger partial charge in [0.2, 0.25) is 11.7 Å². The molecule has 19 heavy (non-hydrogen) atoms. The molecular weight excluding hydrogens is 259 g/mol. The molecule has 0 spiro atoms. The van der Waals surface area contributed by atoms with Gasteiger partial charge >= 0.3 is 5.69 Å². The Labute approximate surface area is 107 Å². The molecule has 0 aromatic heterocycles. The van der Waals surface area contributed by atoms with Gasteiger partial charge < -0.3 is 15.5 Å². The van der Waals surface area contributed by atoms with Crippen LogP contribution in [0.5, 0.6) is 0 Å². The lowest BCUT2D eigenvalue weighted by molar-refractivity contribution is -0.389. The maximum atomic E-state index is 13.3. The first-order valence-corrected chi connectivity index (χ1v) is 5.38. The van der Waals surface area contributed by atoms with E-state index in [0.29, 0.717) is 0 Å². The lowest BCUT2D eigenvalue weighted by Crippen LogP contribution is -2.34. The van der Waals surface area contributed by atoms with Crippen LogP contribution in [0.4, 0.5) is 10.1 Å². The molecule has 2 unspecified atom stereocenters. The summed E-state index contributed by atoms with van der Waals surface area (Å²) in [6.45, 7) is 0.911. The van der Waals surface area contributed by atoms with Crippen molar-refractivity contribution < 1.29 is 24.3 Å². The van der Waals surface area contributed by atoms with Crippen LogP contribution in [-0.4, -0.2) is 33.7 Å². The SMILES string of the molecule is CC(=O)NCC(O)C(O)c1cccc(F)c1[N+](=O)[O-]. The number of para-hydroxylation sites is 1. The van der Waals surface area contributed by atoms with Crippen molar-refractivity contribution in [1.82, 2.24) is 5.32 Å². The molecule has 7 nitrogen and oxygen atoms in total. The molecule has 1 aromatic rings. The summed E-state index contributed by atoms with van der Waals surface area (Å²) in [5.74, 6) is -1.53. The Hall–Kier alpha value is -2.06. The average molecular weight is 272 g/mol. The Morgan fingerprint density at radius 1 is 1.53 bits per heavy atom. The third-order valence-corrected chi connectivity index (χ3v) is 2.44. The van der Waals surface area contributed by atoms with E-state index in [2.05, 4.69) is 5.32 Å². The van der Waals surface area contributed by atoms with Gasteiger partial charge in [0.1, 0.15) is 12.2 Å². The molecule has 104 valence electrons. The lowest BCUT2D eigenvalue weighted by Gasteiger charge is -2.18. The zero-order valence-corrected chi connectivity index (χ0v) is 10.0. The smallest absolute Gasteiger partial charge is 0.310 e. The molecule has 0 aliphatic rings. The maximum absolute atomic E-state index is 13.3. The number of rotatable bonds is 5. The van der Waals surface area contributed by atoms with E-state index >= 15 is 0 Å². The molecule has 0 saturated carbocycles. The molecule has 0 aliphatic carbocycles. The third kappa shape index (κ3) is 3.70. The van der Waals surface area contributed by atoms with Crippen molar-refractivity contribution >= 4 is 11.6 Å². The summed E-state index contributed by atoms with van der Waals surface area (Å²) < 4.78 is 13.3. The fourth-order valence-electron chi connectivity index (χ4n) is 1.53. The fraction of sp³-hybridized carbons (Fsp3) is 0.364. The van der Waals surface area contributed by atoms with E-state index in [9.17, 15) is 29.5 Å². The van der Waals surface area contributed by atoms with E-state index in [4.69, 9.17) is 0 Å². The van der Waals surface area contributed by atoms with Crippen LogP contribution in [0.25, 0.3) is 0 Å². The van der Waals surface area contributed by atoms with Gasteiger partial charge in [0.15, 0.2) is 0 Å². The number of hydrogen-bond acceptors (Lipinski definition) is 5. The van der Waals surface area contributed by atoms with Crippen molar-refractivity contribution in [3.8, 4) is 0 Å². The molecule has 0 aliphatic heterocycles. The van der Waals surface area contributed by atoms with E-state index < -0.39 is 34.5 Å². The standard InChI is InChI=1S/C11H13FN2O5/c1-6(15)13-5-9(16)11(17)7-3-2-4-8(12)10(7)14(18)19/h2-4,9,11,16-17H,5H2,1H3,(H,13,15). The summed E-state index contributed by atoms with van der Waals surface area (Å²) in [5.41, 5.74) is -1.24. The number of benzene rings is 1. The minimum absolute atomic E-state index is 0.301. The topological polar surface area (TPSA) is 113 Å². The molecular formula is C11H13FN2O5. The van der Waals surface area contributed by atoms with Gasteiger partial charge in [-0.15, -0.1) is 0 Å². The van der Waals surface area contributed by atoms with Crippen LogP contribution in [0.15, 0.2) is 18.2 Å². The number of nitrogens with zero attached hydrogens (tertiary/aromatic N) is 1. The second-order valence-corrected chi connectivity index (χ2v) is 3.88. The number of amides is 1. The van der Waals surface area contributed by atoms with Crippen LogP contribution >= 0.6 is 0 Å². The third-order valence-electron chi connectivity index (χ3n) is 2.44. The van der Waals surface area contributed by atoms with Crippen LogP contribution in [0, 0.1) is 15.9 Å². The monoisotopic (exact) mass is 272 g/mol. The van der Waals surface area contributed by atoms with Gasteiger partial charge in [0.25, 0.3) is 0 Å². The van der Waals surface area contributed by atoms with Gasteiger partial charge in [-0.1, -0.05) is 6.07 Å². The number of aliphatic hydroxyl groups is 2. The Balaban J connectivity index is 2.99. The number of nitrogens with one attached hydrogen (secondary N) is 1. The molecule has 2 atom stereocenters. The minimum atomic E-state index is -1.68. The number of carbonyl (C=O) groups is 1. The highest BCUT2D eigenvalue weighted by molar-refractivity contribution is 5.72. The summed E-state index contributed by atoms with van der Waals surface area (Å²) in [5, 5.41) is 32.4. The largest absolute Gasteiger partial charge is 0.388 e. The molecule has 0 saturated heterocycles. The number of halogens is 1. The highest BCUT2D eigenvalue weighted by atomic mass is 19.1. The highest BCUT2D eigenvalue weighted by Gasteiger charge is 2.29. The van der Waals surface area contributed by atoms with Crippen molar-refractivity contribution in [2.24, 2.45) is 0 Å². The Bertz CT molecular complexity index is 494. The van der Waals surface area contributed by atoms with Gasteiger partial charge in [-0.05, 0) is 12.1 Å². The Kier molecular flexibility index (Phi) is 4.90. The van der Waals surface area contributed by atoms with Gasteiger partial charge in [-0.25, -0.2) is 0 Å². The number of nitro groups is 1. The zero-order valence-electron chi connectivity index (χ0n) is 10.0. The quantitative estimate of drug-likeness (QED) is 0.526. The van der Waals surface area contributed by atoms with Gasteiger partial charge in [0, 0.05) is 13.5 Å². The predicted molar refractivity (Wildman–Crippen MR) is 62.7 cm³/mol. The molecule has 3 N–H and O–H groups in total. The average Bonchev–Trinajstić information content (AvgIpc) is 2.34. The van der Waals surface area contributed by atoms with Crippen molar-refractivity contribution in [3.63, 3.8) is 0 Å². The molecule has 1 aromatic carbocycles. The number of aliphatic hydroxyl groups excluding tert-OH is 2. The van der Waals surface area contributed by atoms with Crippen LogP contribution < -0.4 is 5.32 Å². The molecule has 8 heteroatoms. The summed E-state index contributed by atoms with van der Waals surface area (Å²) in [6, 6.07) is 3.21. The second-order valence-electron chi connectivity index (χ2n) is 3.88. The van der Waals surface area contributed by atoms with Gasteiger partial charge in [-0.2, -0.15) is 4.39 Å². The number of hydrogen-bond donors (Lipinski definition) is 3. The summed E-state index contributed by atoms with van der Waals surface area (Å²) in [7, 11) is 0. The van der Waals surface area contributed by atoms with E-state index in [1.54, 1.807) is 0 Å². The zero-order chi connectivity index (χ0) is 14.6. The molecule has 1 amide bonds. The van der Waals surface area contributed by atoms with Crippen LogP contribution in [0.1, 0.15) is 18.6 Å². The summed E-state index contributed by atoms with van der Waals surface area (Å²) in [4.78, 5) is 20.4. The van der Waals surface area contributed by atoms with Gasteiger partial charge in [-0.3, -0.25) is 14.9 Å². The highest BCUT2D eigenvalue weighted by Crippen LogP contribution is 2.29. The molecule has 0 bridgehead atoms. The summed E-state index contributed by atoms with van der Waals surface area (Å²) in [6.07, 6.45) is -3.16. The van der Waals surface area contributed by atoms with E-state index in [1.165, 1.54) is 13.0 Å². The van der Waals surface area contributed by atoms with Crippen molar-refractivity contribution in [2.45, 2.75) is 19.1 Å². The van der Waals surface area contributed by atoms with Crippen molar-refractivity contribution in [2.75, 3.05) is 6.54 Å². The van der Waals surface area contributed by atoms with Gasteiger partial charge in [0.05, 0.1) is 10.5 Å². The van der Waals surface area contributed by atoms with Crippen LogP contribution in [-0.2, 0) is 4.79 Å². The van der Waals surface area contributed by atoms with Crippen LogP contribution in [0.3, 0.4) is 0 Å². The minimum Gasteiger partial charge on any atom is -0.388 e. The summed E-state index contributed by atoms with van der Waals surface area (Å²) >= 11 is 0. The predicted octanol–water partition coefficient (Wildman–Crippen LogP) is 0.264. The number of nitro benzene ring substituents is 1. The van der Waals surface area contributed by atoms with E-state index in [0.717, 1.165) is 12.1 Å². The van der Waals surface area contributed by atoms with Crippen molar-refractivity contribution in [3.05, 3.63) is 39.7 Å². The van der Waals surface area contributed by atoms with Crippen molar-refractivity contribution in [1.29, 1.82) is 0 Å². The number of carbonyl (C=O) groups excluding carboxylic acids is 1. The fourth-order valence-corrected chi connectivity index (χ4v) is 1.53. The lowest BCUT2D eigenvalue weighted by atomic mass is 10.0. The molecule has 0 fully saturated rings. The molecule has 1 rings (SSSR count).